The third-order valence-electron chi connectivity index (χ3n) is 1.16. The minimum absolute atomic E-state index is 0. The number of hydrogen-bond acceptors (Lipinski definition) is 3. The predicted molar refractivity (Wildman–Crippen MR) is 58.7 cm³/mol. The summed E-state index contributed by atoms with van der Waals surface area (Å²) >= 11 is 1.91. The van der Waals surface area contributed by atoms with Gasteiger partial charge in [0.25, 0.3) is 0 Å². The average Bonchev–Trinajstić information content (AvgIpc) is 2.03. The normalized spacial score (nSPS) is 9.15. The van der Waals surface area contributed by atoms with Crippen LogP contribution in [0.4, 0.5) is 4.39 Å². The van der Waals surface area contributed by atoms with Gasteiger partial charge in [-0.25, -0.2) is 4.98 Å². The molecular formula is C7H9ClFIN2O. The zero-order valence-corrected chi connectivity index (χ0v) is 9.64. The van der Waals surface area contributed by atoms with E-state index in [9.17, 15) is 4.39 Å². The number of rotatable bonds is 3. The van der Waals surface area contributed by atoms with Crippen molar-refractivity contribution in [2.75, 3.05) is 13.2 Å². The van der Waals surface area contributed by atoms with E-state index in [0.29, 0.717) is 22.6 Å². The third kappa shape index (κ3) is 4.06. The molecule has 0 saturated carbocycles. The van der Waals surface area contributed by atoms with E-state index < -0.39 is 5.95 Å². The molecule has 0 amide bonds. The summed E-state index contributed by atoms with van der Waals surface area (Å²) < 4.78 is 18.2. The Morgan fingerprint density at radius 3 is 2.77 bits per heavy atom. The molecule has 6 heteroatoms. The fraction of sp³-hybridized carbons (Fsp3) is 0.286. The van der Waals surface area contributed by atoms with Gasteiger partial charge in [0.15, 0.2) is 5.75 Å². The lowest BCUT2D eigenvalue weighted by Gasteiger charge is -2.04. The maximum absolute atomic E-state index is 12.5. The molecule has 0 spiro atoms. The van der Waals surface area contributed by atoms with Crippen LogP contribution in [0, 0.1) is 9.65 Å². The first-order chi connectivity index (χ1) is 5.74. The molecule has 74 valence electrons. The largest absolute Gasteiger partial charge is 0.490 e. The van der Waals surface area contributed by atoms with Crippen molar-refractivity contribution in [2.45, 2.75) is 0 Å². The molecule has 13 heavy (non-hydrogen) atoms. The van der Waals surface area contributed by atoms with Crippen LogP contribution >= 0.6 is 35.0 Å². The van der Waals surface area contributed by atoms with E-state index in [2.05, 4.69) is 4.98 Å². The van der Waals surface area contributed by atoms with Crippen LogP contribution in [0.5, 0.6) is 5.75 Å². The van der Waals surface area contributed by atoms with Crippen LogP contribution in [0.2, 0.25) is 0 Å². The maximum atomic E-state index is 12.5. The van der Waals surface area contributed by atoms with E-state index in [-0.39, 0.29) is 12.4 Å². The first kappa shape index (κ1) is 12.9. The number of nitrogens with zero attached hydrogens (tertiary/aromatic N) is 1. The molecule has 0 atom stereocenters. The minimum atomic E-state index is -0.500. The van der Waals surface area contributed by atoms with Gasteiger partial charge in [-0.1, -0.05) is 0 Å². The SMILES string of the molecule is Cl.NCCOc1ccc(F)nc1I. The molecule has 0 unspecified atom stereocenters. The van der Waals surface area contributed by atoms with Gasteiger partial charge in [0.1, 0.15) is 10.3 Å². The number of nitrogens with two attached hydrogens (primary N) is 1. The first-order valence-electron chi connectivity index (χ1n) is 3.39. The fourth-order valence-electron chi connectivity index (χ4n) is 0.676. The second kappa shape index (κ2) is 6.33. The summed E-state index contributed by atoms with van der Waals surface area (Å²) in [6.45, 7) is 0.858. The Morgan fingerprint density at radius 1 is 1.54 bits per heavy atom. The summed E-state index contributed by atoms with van der Waals surface area (Å²) in [6, 6.07) is 2.80. The molecule has 3 nitrogen and oxygen atoms in total. The van der Waals surface area contributed by atoms with Crippen molar-refractivity contribution in [2.24, 2.45) is 5.73 Å². The van der Waals surface area contributed by atoms with Gasteiger partial charge in [0, 0.05) is 6.54 Å². The molecule has 1 heterocycles. The molecule has 1 aromatic heterocycles. The van der Waals surface area contributed by atoms with Crippen molar-refractivity contribution in [3.63, 3.8) is 0 Å². The highest BCUT2D eigenvalue weighted by Crippen LogP contribution is 2.17. The van der Waals surface area contributed by atoms with Gasteiger partial charge >= 0.3 is 0 Å². The summed E-state index contributed by atoms with van der Waals surface area (Å²) in [5.41, 5.74) is 5.23. The van der Waals surface area contributed by atoms with E-state index in [4.69, 9.17) is 10.5 Å². The first-order valence-corrected chi connectivity index (χ1v) is 4.47. The third-order valence-corrected chi connectivity index (χ3v) is 1.93. The molecule has 0 aliphatic heterocycles. The lowest BCUT2D eigenvalue weighted by atomic mass is 10.4. The summed E-state index contributed by atoms with van der Waals surface area (Å²) in [5, 5.41) is 0. The Bertz CT molecular complexity index is 275. The van der Waals surface area contributed by atoms with Crippen LogP contribution in [-0.4, -0.2) is 18.1 Å². The molecule has 1 aromatic rings. The zero-order chi connectivity index (χ0) is 8.97. The van der Waals surface area contributed by atoms with Crippen LogP contribution in [0.25, 0.3) is 0 Å². The van der Waals surface area contributed by atoms with Gasteiger partial charge in [-0.05, 0) is 34.7 Å². The number of aromatic nitrogens is 1. The molecule has 1 rings (SSSR count). The molecule has 0 bridgehead atoms. The molecule has 0 radical (unpaired) electrons. The molecule has 2 N–H and O–H groups in total. The monoisotopic (exact) mass is 318 g/mol. The van der Waals surface area contributed by atoms with E-state index in [0.717, 1.165) is 0 Å². The van der Waals surface area contributed by atoms with Crippen molar-refractivity contribution in [3.05, 3.63) is 21.8 Å². The van der Waals surface area contributed by atoms with Gasteiger partial charge in [-0.15, -0.1) is 12.4 Å². The van der Waals surface area contributed by atoms with Crippen molar-refractivity contribution < 1.29 is 9.13 Å². The Kier molecular flexibility index (Phi) is 6.27. The van der Waals surface area contributed by atoms with E-state index >= 15 is 0 Å². The molecule has 0 fully saturated rings. The standard InChI is InChI=1S/C7H8FIN2O.ClH/c8-6-2-1-5(7(9)11-6)12-4-3-10;/h1-2H,3-4,10H2;1H. The number of ether oxygens (including phenoxy) is 1. The smallest absolute Gasteiger partial charge is 0.214 e. The van der Waals surface area contributed by atoms with Crippen molar-refractivity contribution in [1.82, 2.24) is 4.98 Å². The summed E-state index contributed by atoms with van der Waals surface area (Å²) in [6.07, 6.45) is 0. The van der Waals surface area contributed by atoms with E-state index in [1.165, 1.54) is 6.07 Å². The van der Waals surface area contributed by atoms with Gasteiger partial charge < -0.3 is 10.5 Å². The Labute approximate surface area is 95.4 Å². The van der Waals surface area contributed by atoms with Crippen LogP contribution in [-0.2, 0) is 0 Å². The summed E-state index contributed by atoms with van der Waals surface area (Å²) in [5.74, 6) is 0.0712. The maximum Gasteiger partial charge on any atom is 0.214 e. The molecular weight excluding hydrogens is 309 g/mol. The highest BCUT2D eigenvalue weighted by molar-refractivity contribution is 14.1. The number of halogens is 3. The number of hydrogen-bond donors (Lipinski definition) is 1. The van der Waals surface area contributed by atoms with E-state index in [1.807, 2.05) is 22.6 Å². The zero-order valence-electron chi connectivity index (χ0n) is 6.67. The summed E-state index contributed by atoms with van der Waals surface area (Å²) in [7, 11) is 0. The van der Waals surface area contributed by atoms with Crippen molar-refractivity contribution >= 4 is 35.0 Å². The fourth-order valence-corrected chi connectivity index (χ4v) is 1.24. The van der Waals surface area contributed by atoms with E-state index in [1.54, 1.807) is 6.07 Å². The van der Waals surface area contributed by atoms with Crippen molar-refractivity contribution in [3.8, 4) is 5.75 Å². The highest BCUT2D eigenvalue weighted by Gasteiger charge is 2.02. The summed E-state index contributed by atoms with van der Waals surface area (Å²) in [4.78, 5) is 3.58. The lowest BCUT2D eigenvalue weighted by molar-refractivity contribution is 0.323. The van der Waals surface area contributed by atoms with Crippen molar-refractivity contribution in [1.29, 1.82) is 0 Å². The Hall–Kier alpha value is -0.140. The van der Waals surface area contributed by atoms with Gasteiger partial charge in [-0.3, -0.25) is 0 Å². The molecule has 0 aliphatic rings. The molecule has 0 saturated heterocycles. The molecule has 0 aliphatic carbocycles. The topological polar surface area (TPSA) is 48.1 Å². The van der Waals surface area contributed by atoms with Gasteiger partial charge in [0.05, 0.1) is 0 Å². The Morgan fingerprint density at radius 2 is 2.23 bits per heavy atom. The average molecular weight is 319 g/mol. The quantitative estimate of drug-likeness (QED) is 0.680. The van der Waals surface area contributed by atoms with Crippen LogP contribution < -0.4 is 10.5 Å². The van der Waals surface area contributed by atoms with Gasteiger partial charge in [0.2, 0.25) is 5.95 Å². The van der Waals surface area contributed by atoms with Crippen LogP contribution in [0.3, 0.4) is 0 Å². The second-order valence-electron chi connectivity index (χ2n) is 2.06. The van der Waals surface area contributed by atoms with Gasteiger partial charge in [-0.2, -0.15) is 4.39 Å². The number of pyridine rings is 1. The lowest BCUT2D eigenvalue weighted by Crippen LogP contribution is -2.11. The predicted octanol–water partition coefficient (Wildman–Crippen LogP) is 1.58. The van der Waals surface area contributed by atoms with Crippen LogP contribution in [0.1, 0.15) is 0 Å². The van der Waals surface area contributed by atoms with Crippen LogP contribution in [0.15, 0.2) is 12.1 Å². The second-order valence-corrected chi connectivity index (χ2v) is 3.08. The highest BCUT2D eigenvalue weighted by atomic mass is 127. The minimum Gasteiger partial charge on any atom is -0.490 e. The Balaban J connectivity index is 0.00000144. The molecule has 0 aromatic carbocycles.